The van der Waals surface area contributed by atoms with Crippen molar-refractivity contribution in [2.75, 3.05) is 0 Å². The number of hydrogen-bond acceptors (Lipinski definition) is 2. The predicted octanol–water partition coefficient (Wildman–Crippen LogP) is 3.10. The maximum absolute atomic E-state index is 10.5. The number of aliphatic hydroxyl groups excluding tert-OH is 1. The molecule has 0 aliphatic rings. The van der Waals surface area contributed by atoms with Crippen molar-refractivity contribution in [3.05, 3.63) is 52.3 Å². The van der Waals surface area contributed by atoms with Crippen LogP contribution >= 0.6 is 0 Å². The van der Waals surface area contributed by atoms with Gasteiger partial charge < -0.3 is 5.11 Å². The quantitative estimate of drug-likeness (QED) is 0.915. The molecule has 0 spiro atoms. The number of nitrogens with zero attached hydrogens (tertiary/aromatic N) is 2. The Morgan fingerprint density at radius 1 is 1.21 bits per heavy atom. The topological polar surface area (TPSA) is 38.0 Å². The zero-order valence-corrected chi connectivity index (χ0v) is 12.1. The van der Waals surface area contributed by atoms with Crippen LogP contribution in [0, 0.1) is 20.8 Å². The van der Waals surface area contributed by atoms with Crippen LogP contribution in [0.2, 0.25) is 0 Å². The molecule has 1 atom stereocenters. The van der Waals surface area contributed by atoms with E-state index in [9.17, 15) is 5.11 Å². The van der Waals surface area contributed by atoms with Gasteiger partial charge in [-0.05, 0) is 50.5 Å². The smallest absolute Gasteiger partial charge is 0.0997 e. The van der Waals surface area contributed by atoms with E-state index in [-0.39, 0.29) is 0 Å². The average molecular weight is 258 g/mol. The summed E-state index contributed by atoms with van der Waals surface area (Å²) in [5.41, 5.74) is 5.56. The molecule has 0 amide bonds. The van der Waals surface area contributed by atoms with Crippen molar-refractivity contribution in [2.24, 2.45) is 0 Å². The highest BCUT2D eigenvalue weighted by atomic mass is 16.3. The third-order valence-corrected chi connectivity index (χ3v) is 3.62. The number of aliphatic hydroxyl groups is 1. The molecule has 1 aromatic heterocycles. The molecule has 0 bridgehead atoms. The van der Waals surface area contributed by atoms with Gasteiger partial charge in [-0.2, -0.15) is 5.10 Å². The van der Waals surface area contributed by atoms with E-state index in [0.29, 0.717) is 6.42 Å². The van der Waals surface area contributed by atoms with Crippen molar-refractivity contribution in [2.45, 2.75) is 46.8 Å². The highest BCUT2D eigenvalue weighted by Crippen LogP contribution is 2.23. The average Bonchev–Trinajstić information content (AvgIpc) is 2.75. The van der Waals surface area contributed by atoms with Gasteiger partial charge in [0.2, 0.25) is 0 Å². The van der Waals surface area contributed by atoms with Crippen LogP contribution in [0.1, 0.15) is 41.1 Å². The zero-order valence-electron chi connectivity index (χ0n) is 12.1. The molecule has 3 nitrogen and oxygen atoms in total. The minimum absolute atomic E-state index is 0.499. The summed E-state index contributed by atoms with van der Waals surface area (Å²) in [5.74, 6) is 0. The standard InChI is InChI=1S/C16H22N2O/c1-5-18-15(9-13(4)17-18)16(19)10-14-11(2)7-6-8-12(14)3/h6-9,16,19H,5,10H2,1-4H3. The van der Waals surface area contributed by atoms with Crippen molar-refractivity contribution in [3.63, 3.8) is 0 Å². The number of benzene rings is 1. The van der Waals surface area contributed by atoms with E-state index in [1.54, 1.807) is 0 Å². The van der Waals surface area contributed by atoms with Crippen LogP contribution in [-0.4, -0.2) is 14.9 Å². The summed E-state index contributed by atoms with van der Waals surface area (Å²) in [5, 5.41) is 14.9. The van der Waals surface area contributed by atoms with Crippen molar-refractivity contribution >= 4 is 0 Å². The highest BCUT2D eigenvalue weighted by molar-refractivity contribution is 5.34. The van der Waals surface area contributed by atoms with E-state index in [4.69, 9.17) is 0 Å². The van der Waals surface area contributed by atoms with Gasteiger partial charge in [-0.1, -0.05) is 18.2 Å². The van der Waals surface area contributed by atoms with Gasteiger partial charge in [0.15, 0.2) is 0 Å². The number of hydrogen-bond donors (Lipinski definition) is 1. The lowest BCUT2D eigenvalue weighted by molar-refractivity contribution is 0.166. The van der Waals surface area contributed by atoms with Gasteiger partial charge in [-0.25, -0.2) is 0 Å². The zero-order chi connectivity index (χ0) is 14.0. The molecular formula is C16H22N2O. The minimum Gasteiger partial charge on any atom is -0.386 e. The molecule has 19 heavy (non-hydrogen) atoms. The molecule has 1 aromatic carbocycles. The Hall–Kier alpha value is -1.61. The van der Waals surface area contributed by atoms with E-state index >= 15 is 0 Å². The fraction of sp³-hybridized carbons (Fsp3) is 0.438. The van der Waals surface area contributed by atoms with E-state index in [1.165, 1.54) is 16.7 Å². The first kappa shape index (κ1) is 13.8. The molecule has 0 aliphatic heterocycles. The van der Waals surface area contributed by atoms with Gasteiger partial charge in [0.25, 0.3) is 0 Å². The molecule has 2 rings (SSSR count). The first-order chi connectivity index (χ1) is 9.02. The second-order valence-corrected chi connectivity index (χ2v) is 5.12. The van der Waals surface area contributed by atoms with Crippen molar-refractivity contribution in [3.8, 4) is 0 Å². The third kappa shape index (κ3) is 2.87. The molecule has 0 fully saturated rings. The Kier molecular flexibility index (Phi) is 4.05. The van der Waals surface area contributed by atoms with Crippen LogP contribution in [0.4, 0.5) is 0 Å². The fourth-order valence-corrected chi connectivity index (χ4v) is 2.56. The molecule has 1 heterocycles. The predicted molar refractivity (Wildman–Crippen MR) is 77.2 cm³/mol. The van der Waals surface area contributed by atoms with Gasteiger partial charge in [0.1, 0.15) is 0 Å². The van der Waals surface area contributed by atoms with E-state index < -0.39 is 6.10 Å². The summed E-state index contributed by atoms with van der Waals surface area (Å²) in [6, 6.07) is 8.22. The normalized spacial score (nSPS) is 12.7. The van der Waals surface area contributed by atoms with Gasteiger partial charge in [0, 0.05) is 13.0 Å². The molecular weight excluding hydrogens is 236 g/mol. The summed E-state index contributed by atoms with van der Waals surface area (Å²) < 4.78 is 1.88. The maximum Gasteiger partial charge on any atom is 0.0997 e. The first-order valence-corrected chi connectivity index (χ1v) is 6.80. The van der Waals surface area contributed by atoms with Gasteiger partial charge in [0.05, 0.1) is 17.5 Å². The van der Waals surface area contributed by atoms with Crippen LogP contribution in [0.3, 0.4) is 0 Å². The van der Waals surface area contributed by atoms with Crippen LogP contribution in [0.5, 0.6) is 0 Å². The summed E-state index contributed by atoms with van der Waals surface area (Å²) >= 11 is 0. The summed E-state index contributed by atoms with van der Waals surface area (Å²) in [6.45, 7) is 8.98. The second kappa shape index (κ2) is 5.57. The van der Waals surface area contributed by atoms with Crippen LogP contribution in [0.15, 0.2) is 24.3 Å². The van der Waals surface area contributed by atoms with Crippen LogP contribution in [-0.2, 0) is 13.0 Å². The molecule has 0 aliphatic carbocycles. The molecule has 0 radical (unpaired) electrons. The Morgan fingerprint density at radius 3 is 2.42 bits per heavy atom. The van der Waals surface area contributed by atoms with E-state index in [0.717, 1.165) is 17.9 Å². The molecule has 3 heteroatoms. The lowest BCUT2D eigenvalue weighted by Gasteiger charge is -2.15. The number of aryl methyl sites for hydroxylation is 4. The van der Waals surface area contributed by atoms with Crippen molar-refractivity contribution in [1.29, 1.82) is 0 Å². The van der Waals surface area contributed by atoms with Crippen molar-refractivity contribution in [1.82, 2.24) is 9.78 Å². The van der Waals surface area contributed by atoms with E-state index in [2.05, 4.69) is 37.1 Å². The minimum atomic E-state index is -0.499. The molecule has 102 valence electrons. The lowest BCUT2D eigenvalue weighted by Crippen LogP contribution is -2.11. The summed E-state index contributed by atoms with van der Waals surface area (Å²) in [7, 11) is 0. The summed E-state index contributed by atoms with van der Waals surface area (Å²) in [4.78, 5) is 0. The molecule has 0 saturated carbocycles. The SMILES string of the molecule is CCn1nc(C)cc1C(O)Cc1c(C)cccc1C. The van der Waals surface area contributed by atoms with Gasteiger partial charge in [-0.3, -0.25) is 4.68 Å². The van der Waals surface area contributed by atoms with Crippen LogP contribution in [0.25, 0.3) is 0 Å². The lowest BCUT2D eigenvalue weighted by atomic mass is 9.96. The van der Waals surface area contributed by atoms with E-state index in [1.807, 2.05) is 24.6 Å². The van der Waals surface area contributed by atoms with Gasteiger partial charge >= 0.3 is 0 Å². The maximum atomic E-state index is 10.5. The van der Waals surface area contributed by atoms with Gasteiger partial charge in [-0.15, -0.1) is 0 Å². The molecule has 1 N–H and O–H groups in total. The Bertz CT molecular complexity index is 552. The van der Waals surface area contributed by atoms with Crippen molar-refractivity contribution < 1.29 is 5.11 Å². The number of aromatic nitrogens is 2. The molecule has 1 unspecified atom stereocenters. The largest absolute Gasteiger partial charge is 0.386 e. The summed E-state index contributed by atoms with van der Waals surface area (Å²) in [6.07, 6.45) is 0.143. The first-order valence-electron chi connectivity index (χ1n) is 6.80. The van der Waals surface area contributed by atoms with Crippen LogP contribution < -0.4 is 0 Å². The third-order valence-electron chi connectivity index (χ3n) is 3.62. The Labute approximate surface area is 114 Å². The Balaban J connectivity index is 2.28. The molecule has 0 saturated heterocycles. The Morgan fingerprint density at radius 2 is 1.84 bits per heavy atom. The number of rotatable bonds is 4. The second-order valence-electron chi connectivity index (χ2n) is 5.12. The fourth-order valence-electron chi connectivity index (χ4n) is 2.56. The molecule has 2 aromatic rings. The highest BCUT2D eigenvalue weighted by Gasteiger charge is 2.16. The monoisotopic (exact) mass is 258 g/mol.